The molecule has 10 heteroatoms. The molecule has 1 saturated heterocycles. The Hall–Kier alpha value is -3.53. The quantitative estimate of drug-likeness (QED) is 0.575. The smallest absolute Gasteiger partial charge is 0.323 e. The van der Waals surface area contributed by atoms with Crippen molar-refractivity contribution in [3.8, 4) is 11.1 Å². The zero-order chi connectivity index (χ0) is 23.2. The highest BCUT2D eigenvalue weighted by Gasteiger charge is 2.51. The Balaban J connectivity index is 1.40. The average molecular weight is 466 g/mol. The van der Waals surface area contributed by atoms with Crippen LogP contribution in [-0.4, -0.2) is 44.5 Å². The van der Waals surface area contributed by atoms with Crippen LogP contribution in [0.3, 0.4) is 0 Å². The molecule has 170 valence electrons. The highest BCUT2D eigenvalue weighted by Crippen LogP contribution is 2.35. The van der Waals surface area contributed by atoms with E-state index in [1.165, 1.54) is 17.7 Å². The van der Waals surface area contributed by atoms with Gasteiger partial charge >= 0.3 is 6.03 Å². The number of carbonyl (C=O) groups is 3. The molecular weight excluding hydrogens is 442 g/mol. The number of hydrogen-bond donors (Lipinski definition) is 2. The molecule has 33 heavy (non-hydrogen) atoms. The van der Waals surface area contributed by atoms with Crippen molar-refractivity contribution < 1.29 is 14.4 Å². The summed E-state index contributed by atoms with van der Waals surface area (Å²) in [5.41, 5.74) is 2.84. The summed E-state index contributed by atoms with van der Waals surface area (Å²) < 4.78 is 1.01. The molecular formula is C23H23N5O4S. The van der Waals surface area contributed by atoms with Gasteiger partial charge in [0.15, 0.2) is 0 Å². The van der Waals surface area contributed by atoms with Crippen molar-refractivity contribution in [2.24, 2.45) is 0 Å². The van der Waals surface area contributed by atoms with E-state index in [-0.39, 0.29) is 5.91 Å². The van der Waals surface area contributed by atoms with Gasteiger partial charge in [-0.15, -0.1) is 11.3 Å². The minimum atomic E-state index is -0.897. The Kier molecular flexibility index (Phi) is 5.24. The number of aromatic nitrogens is 2. The zero-order valence-electron chi connectivity index (χ0n) is 18.1. The van der Waals surface area contributed by atoms with Crippen molar-refractivity contribution in [3.63, 3.8) is 0 Å². The van der Waals surface area contributed by atoms with Crippen LogP contribution in [0.5, 0.6) is 0 Å². The van der Waals surface area contributed by atoms with Crippen molar-refractivity contribution in [1.82, 2.24) is 19.9 Å². The molecule has 1 aliphatic heterocycles. The van der Waals surface area contributed by atoms with Gasteiger partial charge in [0.25, 0.3) is 17.4 Å². The summed E-state index contributed by atoms with van der Waals surface area (Å²) >= 11 is 1.41. The van der Waals surface area contributed by atoms with Gasteiger partial charge in [-0.25, -0.2) is 14.5 Å². The van der Waals surface area contributed by atoms with Crippen LogP contribution in [0.2, 0.25) is 0 Å². The largest absolute Gasteiger partial charge is 0.325 e. The van der Waals surface area contributed by atoms with Gasteiger partial charge in [0.05, 0.1) is 5.39 Å². The van der Waals surface area contributed by atoms with Crippen LogP contribution in [-0.2, 0) is 9.59 Å². The van der Waals surface area contributed by atoms with Gasteiger partial charge in [-0.1, -0.05) is 49.6 Å². The molecule has 1 saturated carbocycles. The number of amides is 4. The molecule has 4 amide bonds. The van der Waals surface area contributed by atoms with Crippen molar-refractivity contribution in [2.75, 3.05) is 12.0 Å². The van der Waals surface area contributed by atoms with Crippen molar-refractivity contribution in [1.29, 1.82) is 0 Å². The predicted octanol–water partition coefficient (Wildman–Crippen LogP) is 2.76. The molecule has 2 N–H and O–H groups in total. The molecule has 3 heterocycles. The van der Waals surface area contributed by atoms with Gasteiger partial charge < -0.3 is 5.32 Å². The fourth-order valence-corrected chi connectivity index (χ4v) is 5.77. The fourth-order valence-electron chi connectivity index (χ4n) is 4.76. The number of hydrogen-bond acceptors (Lipinski definition) is 6. The third-order valence-electron chi connectivity index (χ3n) is 6.35. The second-order valence-electron chi connectivity index (χ2n) is 8.50. The SMILES string of the molecule is Cc1sc2ncn(NC(=O)CN3C(=O)NC4(CCCCC4)C3=O)c(=O)c2c1-c1ccccc1. The number of rotatable bonds is 4. The lowest BCUT2D eigenvalue weighted by molar-refractivity contribution is -0.135. The Morgan fingerprint density at radius 1 is 1.15 bits per heavy atom. The summed E-state index contributed by atoms with van der Waals surface area (Å²) in [6.45, 7) is 1.46. The molecule has 0 bridgehead atoms. The third-order valence-corrected chi connectivity index (χ3v) is 7.36. The number of aryl methyl sites for hydroxylation is 1. The standard InChI is InChI=1S/C23H23N5O4S/c1-14-17(15-8-4-2-5-9-15)18-19(33-14)24-13-28(20(18)30)26-16(29)12-27-21(31)23(25-22(27)32)10-6-3-7-11-23/h2,4-5,8-9,13H,3,6-7,10-12H2,1H3,(H,25,32)(H,26,29). The van der Waals surface area contributed by atoms with Crippen LogP contribution in [0, 0.1) is 6.92 Å². The first-order chi connectivity index (χ1) is 15.9. The summed E-state index contributed by atoms with van der Waals surface area (Å²) in [7, 11) is 0. The van der Waals surface area contributed by atoms with E-state index in [0.717, 1.165) is 44.8 Å². The predicted molar refractivity (Wildman–Crippen MR) is 124 cm³/mol. The average Bonchev–Trinajstić information content (AvgIpc) is 3.26. The van der Waals surface area contributed by atoms with Gasteiger partial charge in [-0.2, -0.15) is 0 Å². The second kappa shape index (κ2) is 8.11. The molecule has 0 unspecified atom stereocenters. The van der Waals surface area contributed by atoms with Gasteiger partial charge in [0.1, 0.15) is 23.2 Å². The number of benzene rings is 1. The van der Waals surface area contributed by atoms with E-state index in [2.05, 4.69) is 15.7 Å². The van der Waals surface area contributed by atoms with E-state index in [1.807, 2.05) is 37.3 Å². The molecule has 1 aliphatic carbocycles. The maximum Gasteiger partial charge on any atom is 0.325 e. The van der Waals surface area contributed by atoms with Crippen LogP contribution in [0.1, 0.15) is 37.0 Å². The van der Waals surface area contributed by atoms with Crippen molar-refractivity contribution in [2.45, 2.75) is 44.6 Å². The first kappa shape index (κ1) is 21.3. The third kappa shape index (κ3) is 3.60. The number of thiophene rings is 1. The number of urea groups is 1. The number of imide groups is 1. The van der Waals surface area contributed by atoms with Crippen molar-refractivity contribution in [3.05, 3.63) is 51.9 Å². The molecule has 0 atom stereocenters. The monoisotopic (exact) mass is 465 g/mol. The lowest BCUT2D eigenvalue weighted by Crippen LogP contribution is -2.49. The summed E-state index contributed by atoms with van der Waals surface area (Å²) in [5, 5.41) is 3.20. The van der Waals surface area contributed by atoms with Crippen LogP contribution in [0.4, 0.5) is 4.79 Å². The molecule has 2 aromatic heterocycles. The van der Waals surface area contributed by atoms with E-state index >= 15 is 0 Å². The molecule has 9 nitrogen and oxygen atoms in total. The highest BCUT2D eigenvalue weighted by molar-refractivity contribution is 7.19. The summed E-state index contributed by atoms with van der Waals surface area (Å²) in [4.78, 5) is 58.1. The van der Waals surface area contributed by atoms with Gasteiger partial charge in [-0.05, 0) is 25.3 Å². The van der Waals surface area contributed by atoms with Crippen LogP contribution in [0.25, 0.3) is 21.3 Å². The molecule has 3 aromatic rings. The lowest BCUT2D eigenvalue weighted by atomic mass is 9.82. The number of nitrogens with one attached hydrogen (secondary N) is 2. The fraction of sp³-hybridized carbons (Fsp3) is 0.348. The topological polar surface area (TPSA) is 113 Å². The van der Waals surface area contributed by atoms with E-state index in [1.54, 1.807) is 0 Å². The molecule has 0 radical (unpaired) electrons. The summed E-state index contributed by atoms with van der Waals surface area (Å²) in [6, 6.07) is 8.96. The maximum absolute atomic E-state index is 13.2. The maximum atomic E-state index is 13.2. The van der Waals surface area contributed by atoms with Crippen LogP contribution < -0.4 is 16.3 Å². The summed E-state index contributed by atoms with van der Waals surface area (Å²) in [5.74, 6) is -1.02. The first-order valence-corrected chi connectivity index (χ1v) is 11.7. The van der Waals surface area contributed by atoms with Gasteiger partial charge in [-0.3, -0.25) is 24.7 Å². The Morgan fingerprint density at radius 3 is 2.61 bits per heavy atom. The second-order valence-corrected chi connectivity index (χ2v) is 9.70. The molecule has 2 aliphatic rings. The first-order valence-electron chi connectivity index (χ1n) is 10.9. The normalized spacial score (nSPS) is 17.5. The minimum Gasteiger partial charge on any atom is -0.323 e. The van der Waals surface area contributed by atoms with E-state index in [0.29, 0.717) is 23.1 Å². The van der Waals surface area contributed by atoms with E-state index in [4.69, 9.17) is 0 Å². The Bertz CT molecular complexity index is 1320. The molecule has 1 aromatic carbocycles. The van der Waals surface area contributed by atoms with Crippen LogP contribution >= 0.6 is 11.3 Å². The lowest BCUT2D eigenvalue weighted by Gasteiger charge is -2.30. The summed E-state index contributed by atoms with van der Waals surface area (Å²) in [6.07, 6.45) is 5.15. The molecule has 1 spiro atoms. The number of nitrogens with zero attached hydrogens (tertiary/aromatic N) is 3. The van der Waals surface area contributed by atoms with E-state index < -0.39 is 29.6 Å². The zero-order valence-corrected chi connectivity index (χ0v) is 18.9. The number of carbonyl (C=O) groups excluding carboxylic acids is 3. The Morgan fingerprint density at radius 2 is 1.88 bits per heavy atom. The number of fused-ring (bicyclic) bond motifs is 1. The Labute approximate surface area is 193 Å². The van der Waals surface area contributed by atoms with Gasteiger partial charge in [0.2, 0.25) is 0 Å². The van der Waals surface area contributed by atoms with E-state index in [9.17, 15) is 19.2 Å². The minimum absolute atomic E-state index is 0.372. The van der Waals surface area contributed by atoms with Crippen LogP contribution in [0.15, 0.2) is 41.5 Å². The van der Waals surface area contributed by atoms with Crippen molar-refractivity contribution >= 4 is 39.4 Å². The molecule has 5 rings (SSSR count). The highest BCUT2D eigenvalue weighted by atomic mass is 32.1. The van der Waals surface area contributed by atoms with Gasteiger partial charge in [0, 0.05) is 10.4 Å². The molecule has 2 fully saturated rings.